The molecule has 1 N–H and O–H groups in total. The van der Waals surface area contributed by atoms with Crippen molar-refractivity contribution < 1.29 is 0 Å². The van der Waals surface area contributed by atoms with E-state index in [0.717, 1.165) is 18.2 Å². The van der Waals surface area contributed by atoms with Gasteiger partial charge in [-0.25, -0.2) is 4.98 Å². The van der Waals surface area contributed by atoms with Crippen LogP contribution in [0, 0.1) is 12.8 Å². The smallest absolute Gasteiger partial charge is 0.107 e. The highest BCUT2D eigenvalue weighted by Crippen LogP contribution is 2.14. The Morgan fingerprint density at radius 2 is 2.50 bits per heavy atom. The van der Waals surface area contributed by atoms with Crippen molar-refractivity contribution in [3.63, 3.8) is 0 Å². The number of hydrogen-bond acceptors (Lipinski definition) is 4. The fourth-order valence-electron chi connectivity index (χ4n) is 2.29. The van der Waals surface area contributed by atoms with Crippen molar-refractivity contribution in [3.05, 3.63) is 16.1 Å². The molecular weight excluding hydrogens is 218 g/mol. The van der Waals surface area contributed by atoms with Crippen LogP contribution in [0.2, 0.25) is 0 Å². The largest absolute Gasteiger partial charge is 0.316 e. The number of nitrogens with one attached hydrogen (secondary N) is 1. The van der Waals surface area contributed by atoms with E-state index >= 15 is 0 Å². The topological polar surface area (TPSA) is 28.2 Å². The van der Waals surface area contributed by atoms with E-state index in [0.29, 0.717) is 0 Å². The van der Waals surface area contributed by atoms with Crippen molar-refractivity contribution in [1.82, 2.24) is 15.2 Å². The van der Waals surface area contributed by atoms with E-state index in [1.54, 1.807) is 11.3 Å². The summed E-state index contributed by atoms with van der Waals surface area (Å²) >= 11 is 1.77. The highest BCUT2D eigenvalue weighted by Gasteiger charge is 2.15. The Morgan fingerprint density at radius 3 is 3.12 bits per heavy atom. The first kappa shape index (κ1) is 12.0. The molecule has 2 rings (SSSR count). The number of rotatable bonds is 4. The maximum absolute atomic E-state index is 4.50. The van der Waals surface area contributed by atoms with Crippen molar-refractivity contribution in [2.24, 2.45) is 5.92 Å². The van der Waals surface area contributed by atoms with Crippen LogP contribution in [0.15, 0.2) is 5.38 Å². The number of hydrogen-bond donors (Lipinski definition) is 1. The van der Waals surface area contributed by atoms with E-state index in [-0.39, 0.29) is 0 Å². The summed E-state index contributed by atoms with van der Waals surface area (Å²) in [7, 11) is 2.20. The third-order valence-electron chi connectivity index (χ3n) is 3.04. The molecule has 1 saturated heterocycles. The van der Waals surface area contributed by atoms with E-state index in [1.807, 2.05) is 0 Å². The summed E-state index contributed by atoms with van der Waals surface area (Å²) in [5.74, 6) is 0.819. The van der Waals surface area contributed by atoms with Crippen LogP contribution in [-0.4, -0.2) is 36.6 Å². The molecular formula is C12H21N3S. The van der Waals surface area contributed by atoms with Gasteiger partial charge < -0.3 is 5.32 Å². The van der Waals surface area contributed by atoms with Gasteiger partial charge in [-0.1, -0.05) is 0 Å². The summed E-state index contributed by atoms with van der Waals surface area (Å²) < 4.78 is 0. The van der Waals surface area contributed by atoms with Crippen molar-refractivity contribution in [2.45, 2.75) is 26.3 Å². The lowest BCUT2D eigenvalue weighted by atomic mass is 9.99. The van der Waals surface area contributed by atoms with Gasteiger partial charge in [0.25, 0.3) is 0 Å². The Kier molecular flexibility index (Phi) is 4.32. The van der Waals surface area contributed by atoms with Crippen LogP contribution in [0.3, 0.4) is 0 Å². The van der Waals surface area contributed by atoms with Crippen LogP contribution in [0.4, 0.5) is 0 Å². The molecule has 0 radical (unpaired) electrons. The minimum absolute atomic E-state index is 0.819. The van der Waals surface area contributed by atoms with Gasteiger partial charge in [0, 0.05) is 17.6 Å². The second-order valence-corrected chi connectivity index (χ2v) is 5.73. The minimum atomic E-state index is 0.819. The monoisotopic (exact) mass is 239 g/mol. The molecule has 0 aromatic carbocycles. The van der Waals surface area contributed by atoms with E-state index < -0.39 is 0 Å². The number of aromatic nitrogens is 1. The lowest BCUT2D eigenvalue weighted by Crippen LogP contribution is -2.36. The molecule has 0 aliphatic carbocycles. The molecule has 1 aliphatic heterocycles. The van der Waals surface area contributed by atoms with Crippen molar-refractivity contribution in [2.75, 3.05) is 26.7 Å². The molecule has 1 aliphatic rings. The highest BCUT2D eigenvalue weighted by molar-refractivity contribution is 7.09. The van der Waals surface area contributed by atoms with E-state index in [9.17, 15) is 0 Å². The first-order valence-corrected chi connectivity index (χ1v) is 6.92. The van der Waals surface area contributed by atoms with Crippen molar-refractivity contribution >= 4 is 11.3 Å². The average Bonchev–Trinajstić information content (AvgIpc) is 2.65. The molecule has 4 heteroatoms. The molecule has 16 heavy (non-hydrogen) atoms. The summed E-state index contributed by atoms with van der Waals surface area (Å²) in [6.45, 7) is 6.62. The number of piperidine rings is 1. The van der Waals surface area contributed by atoms with Gasteiger partial charge in [0.05, 0.1) is 6.54 Å². The Morgan fingerprint density at radius 1 is 1.62 bits per heavy atom. The van der Waals surface area contributed by atoms with Gasteiger partial charge in [-0.2, -0.15) is 0 Å². The normalized spacial score (nSPS) is 21.6. The third kappa shape index (κ3) is 3.54. The summed E-state index contributed by atoms with van der Waals surface area (Å²) in [6, 6.07) is 0. The Balaban J connectivity index is 1.77. The van der Waals surface area contributed by atoms with Crippen LogP contribution in [0.25, 0.3) is 0 Å². The molecule has 1 fully saturated rings. The lowest BCUT2D eigenvalue weighted by Gasteiger charge is -2.27. The van der Waals surface area contributed by atoms with Crippen LogP contribution in [0.5, 0.6) is 0 Å². The number of nitrogens with zero attached hydrogens (tertiary/aromatic N) is 2. The van der Waals surface area contributed by atoms with Crippen LogP contribution >= 0.6 is 11.3 Å². The first-order valence-electron chi connectivity index (χ1n) is 6.04. The summed E-state index contributed by atoms with van der Waals surface area (Å²) in [6.07, 6.45) is 2.70. The van der Waals surface area contributed by atoms with Crippen LogP contribution in [-0.2, 0) is 6.54 Å². The summed E-state index contributed by atoms with van der Waals surface area (Å²) in [5, 5.41) is 6.84. The zero-order valence-corrected chi connectivity index (χ0v) is 11.0. The fourth-order valence-corrected chi connectivity index (χ4v) is 3.14. The first-order chi connectivity index (χ1) is 7.74. The second-order valence-electron chi connectivity index (χ2n) is 4.79. The molecule has 0 bridgehead atoms. The number of aryl methyl sites for hydroxylation is 1. The molecule has 90 valence electrons. The molecule has 1 aromatic rings. The average molecular weight is 239 g/mol. The highest BCUT2D eigenvalue weighted by atomic mass is 32.1. The van der Waals surface area contributed by atoms with Crippen molar-refractivity contribution in [3.8, 4) is 0 Å². The molecule has 0 amide bonds. The molecule has 0 saturated carbocycles. The van der Waals surface area contributed by atoms with Crippen LogP contribution in [0.1, 0.15) is 23.5 Å². The van der Waals surface area contributed by atoms with Gasteiger partial charge >= 0.3 is 0 Å². The molecule has 1 unspecified atom stereocenters. The van der Waals surface area contributed by atoms with Gasteiger partial charge in [0.1, 0.15) is 5.01 Å². The quantitative estimate of drug-likeness (QED) is 0.869. The fraction of sp³-hybridized carbons (Fsp3) is 0.750. The van der Waals surface area contributed by atoms with Gasteiger partial charge in [-0.05, 0) is 45.8 Å². The standard InChI is InChI=1S/C12H21N3S/c1-10-9-16-12(14-10)8-15(2)7-11-4-3-5-13-6-11/h9,11,13H,3-8H2,1-2H3. The molecule has 2 heterocycles. The number of thiazole rings is 1. The van der Waals surface area contributed by atoms with E-state index in [4.69, 9.17) is 0 Å². The molecule has 1 atom stereocenters. The van der Waals surface area contributed by atoms with Crippen LogP contribution < -0.4 is 5.32 Å². The second kappa shape index (κ2) is 5.75. The Hall–Kier alpha value is -0.450. The predicted molar refractivity (Wildman–Crippen MR) is 68.8 cm³/mol. The summed E-state index contributed by atoms with van der Waals surface area (Å²) in [4.78, 5) is 6.90. The van der Waals surface area contributed by atoms with Gasteiger partial charge in [0.15, 0.2) is 0 Å². The Bertz CT molecular complexity index is 318. The van der Waals surface area contributed by atoms with Gasteiger partial charge in [0.2, 0.25) is 0 Å². The maximum atomic E-state index is 4.50. The lowest BCUT2D eigenvalue weighted by molar-refractivity contribution is 0.237. The van der Waals surface area contributed by atoms with Crippen molar-refractivity contribution in [1.29, 1.82) is 0 Å². The predicted octanol–water partition coefficient (Wildman–Crippen LogP) is 1.88. The molecule has 3 nitrogen and oxygen atoms in total. The zero-order chi connectivity index (χ0) is 11.4. The Labute approximate surface area is 102 Å². The SMILES string of the molecule is Cc1csc(CN(C)CC2CCCNC2)n1. The van der Waals surface area contributed by atoms with E-state index in [2.05, 4.69) is 34.6 Å². The summed E-state index contributed by atoms with van der Waals surface area (Å²) in [5.41, 5.74) is 1.15. The minimum Gasteiger partial charge on any atom is -0.316 e. The zero-order valence-electron chi connectivity index (χ0n) is 10.2. The molecule has 0 spiro atoms. The maximum Gasteiger partial charge on any atom is 0.107 e. The third-order valence-corrected chi connectivity index (χ3v) is 3.99. The van der Waals surface area contributed by atoms with Gasteiger partial charge in [-0.15, -0.1) is 11.3 Å². The van der Waals surface area contributed by atoms with Gasteiger partial charge in [-0.3, -0.25) is 4.90 Å². The van der Waals surface area contributed by atoms with E-state index in [1.165, 1.54) is 37.5 Å². The molecule has 1 aromatic heterocycles.